The van der Waals surface area contributed by atoms with Crippen molar-refractivity contribution < 1.29 is 22.7 Å². The molecule has 164 valence electrons. The molecule has 0 aromatic heterocycles. The van der Waals surface area contributed by atoms with Crippen LogP contribution in [0.25, 0.3) is 0 Å². The fraction of sp³-hybridized carbons (Fsp3) is 0.526. The Kier molecular flexibility index (Phi) is 6.69. The van der Waals surface area contributed by atoms with Crippen molar-refractivity contribution >= 4 is 56.1 Å². The van der Waals surface area contributed by atoms with E-state index in [9.17, 15) is 18.0 Å². The number of nitrogens with zero attached hydrogens (tertiary/aromatic N) is 2. The van der Waals surface area contributed by atoms with E-state index >= 15 is 0 Å². The van der Waals surface area contributed by atoms with Crippen molar-refractivity contribution in [1.29, 1.82) is 0 Å². The van der Waals surface area contributed by atoms with Crippen LogP contribution in [0.3, 0.4) is 0 Å². The highest BCUT2D eigenvalue weighted by Crippen LogP contribution is 2.41. The number of hydrogen-bond acceptors (Lipinski definition) is 6. The molecule has 8 nitrogen and oxygen atoms in total. The van der Waals surface area contributed by atoms with Crippen LogP contribution < -0.4 is 10.2 Å². The van der Waals surface area contributed by atoms with Gasteiger partial charge >= 0.3 is 6.09 Å². The average molecular weight is 474 g/mol. The van der Waals surface area contributed by atoms with Gasteiger partial charge in [0.2, 0.25) is 5.91 Å². The Hall–Kier alpha value is -1.78. The van der Waals surface area contributed by atoms with Crippen molar-refractivity contribution in [2.24, 2.45) is 4.99 Å². The maximum absolute atomic E-state index is 12.4. The Morgan fingerprint density at radius 1 is 1.33 bits per heavy atom. The summed E-state index contributed by atoms with van der Waals surface area (Å²) < 4.78 is 29.3. The number of rotatable bonds is 4. The molecule has 11 heteroatoms. The van der Waals surface area contributed by atoms with Gasteiger partial charge < -0.3 is 15.0 Å². The van der Waals surface area contributed by atoms with Gasteiger partial charge in [0.15, 0.2) is 15.0 Å². The van der Waals surface area contributed by atoms with E-state index in [1.54, 1.807) is 43.9 Å². The minimum absolute atomic E-state index is 0.000318. The second kappa shape index (κ2) is 8.76. The molecule has 2 atom stereocenters. The SMILES string of the molecule is CC(C)(C)OC(=O)NCCC(=O)N=C1S[C@H]2CS(=O)(=O)C[C@H]2N1c1cccc(Cl)c1. The summed E-state index contributed by atoms with van der Waals surface area (Å²) in [4.78, 5) is 30.1. The van der Waals surface area contributed by atoms with Crippen LogP contribution in [0.15, 0.2) is 29.3 Å². The number of halogens is 1. The lowest BCUT2D eigenvalue weighted by Crippen LogP contribution is -2.37. The molecule has 30 heavy (non-hydrogen) atoms. The quantitative estimate of drug-likeness (QED) is 0.716. The second-order valence-electron chi connectivity index (χ2n) is 8.12. The minimum atomic E-state index is -3.14. The van der Waals surface area contributed by atoms with Crippen molar-refractivity contribution in [3.8, 4) is 0 Å². The molecule has 0 saturated carbocycles. The number of anilines is 1. The van der Waals surface area contributed by atoms with Gasteiger partial charge in [-0.15, -0.1) is 0 Å². The van der Waals surface area contributed by atoms with Crippen molar-refractivity contribution in [3.63, 3.8) is 0 Å². The number of amidine groups is 1. The van der Waals surface area contributed by atoms with Crippen molar-refractivity contribution in [2.75, 3.05) is 23.0 Å². The zero-order valence-corrected chi connectivity index (χ0v) is 19.3. The van der Waals surface area contributed by atoms with E-state index in [0.717, 1.165) is 0 Å². The summed E-state index contributed by atoms with van der Waals surface area (Å²) in [6.45, 7) is 5.35. The van der Waals surface area contributed by atoms with Gasteiger partial charge in [0.05, 0.1) is 17.5 Å². The van der Waals surface area contributed by atoms with Gasteiger partial charge in [-0.2, -0.15) is 4.99 Å². The number of sulfone groups is 1. The summed E-state index contributed by atoms with van der Waals surface area (Å²) in [5, 5.41) is 3.29. The van der Waals surface area contributed by atoms with Crippen LogP contribution in [0.5, 0.6) is 0 Å². The van der Waals surface area contributed by atoms with Crippen LogP contribution in [0.4, 0.5) is 10.5 Å². The molecule has 1 aromatic rings. The number of carbonyl (C=O) groups excluding carboxylic acids is 2. The van der Waals surface area contributed by atoms with Crippen molar-refractivity contribution in [3.05, 3.63) is 29.3 Å². The van der Waals surface area contributed by atoms with E-state index in [2.05, 4.69) is 10.3 Å². The monoisotopic (exact) mass is 473 g/mol. The Morgan fingerprint density at radius 2 is 2.07 bits per heavy atom. The third kappa shape index (κ3) is 5.89. The number of hydrogen-bond donors (Lipinski definition) is 1. The smallest absolute Gasteiger partial charge is 0.407 e. The van der Waals surface area contributed by atoms with Crippen LogP contribution in [0, 0.1) is 0 Å². The van der Waals surface area contributed by atoms with E-state index in [4.69, 9.17) is 16.3 Å². The molecule has 1 N–H and O–H groups in total. The van der Waals surface area contributed by atoms with E-state index in [1.165, 1.54) is 11.8 Å². The fourth-order valence-corrected chi connectivity index (χ4v) is 7.36. The van der Waals surface area contributed by atoms with Gasteiger partial charge in [-0.1, -0.05) is 29.4 Å². The summed E-state index contributed by atoms with van der Waals surface area (Å²) in [7, 11) is -3.14. The highest BCUT2D eigenvalue weighted by molar-refractivity contribution is 8.16. The molecule has 0 aliphatic carbocycles. The molecule has 0 unspecified atom stereocenters. The zero-order valence-electron chi connectivity index (χ0n) is 16.9. The first kappa shape index (κ1) is 22.9. The molecule has 0 bridgehead atoms. The number of benzene rings is 1. The average Bonchev–Trinajstić information content (AvgIpc) is 3.03. The third-order valence-corrected chi connectivity index (χ3v) is 7.83. The summed E-state index contributed by atoms with van der Waals surface area (Å²) in [5.41, 5.74) is 0.0720. The number of ether oxygens (including phenoxy) is 1. The molecule has 1 aromatic carbocycles. The number of aliphatic imine (C=N–C) groups is 1. The molecule has 2 amide bonds. The molecule has 0 radical (unpaired) electrons. The minimum Gasteiger partial charge on any atom is -0.444 e. The van der Waals surface area contributed by atoms with Gasteiger partial charge in [0, 0.05) is 28.9 Å². The highest BCUT2D eigenvalue weighted by atomic mass is 35.5. The molecular formula is C19H24ClN3O5S2. The molecule has 2 fully saturated rings. The highest BCUT2D eigenvalue weighted by Gasteiger charge is 2.49. The van der Waals surface area contributed by atoms with E-state index in [0.29, 0.717) is 15.9 Å². The molecular weight excluding hydrogens is 450 g/mol. The molecule has 0 spiro atoms. The van der Waals surface area contributed by atoms with Crippen LogP contribution in [-0.2, 0) is 19.4 Å². The molecule has 2 saturated heterocycles. The lowest BCUT2D eigenvalue weighted by Gasteiger charge is -2.24. The molecule has 2 heterocycles. The standard InChI is InChI=1S/C19H24ClN3O5S2/c1-19(2,3)28-18(25)21-8-7-16(24)22-17-23(13-6-4-5-12(20)9-13)14-10-30(26,27)11-15(14)29-17/h4-6,9,14-15H,7-8,10-11H2,1-3H3,(H,21,25)/t14-,15+/m1/s1. The lowest BCUT2D eigenvalue weighted by molar-refractivity contribution is -0.117. The fourth-order valence-electron chi connectivity index (χ4n) is 3.24. The Balaban J connectivity index is 1.71. The van der Waals surface area contributed by atoms with Crippen LogP contribution in [-0.4, -0.2) is 60.5 Å². The predicted molar refractivity (Wildman–Crippen MR) is 119 cm³/mol. The number of nitrogens with one attached hydrogen (secondary N) is 1. The molecule has 2 aliphatic heterocycles. The topological polar surface area (TPSA) is 105 Å². The van der Waals surface area contributed by atoms with E-state index in [1.807, 2.05) is 6.07 Å². The van der Waals surface area contributed by atoms with Gasteiger partial charge in [-0.25, -0.2) is 13.2 Å². The predicted octanol–water partition coefficient (Wildman–Crippen LogP) is 2.86. The Bertz CT molecular complexity index is 975. The largest absolute Gasteiger partial charge is 0.444 e. The van der Waals surface area contributed by atoms with Crippen LogP contribution >= 0.6 is 23.4 Å². The second-order valence-corrected chi connectivity index (χ2v) is 11.9. The normalized spacial score (nSPS) is 24.0. The van der Waals surface area contributed by atoms with Gasteiger partial charge in [0.25, 0.3) is 0 Å². The number of carbonyl (C=O) groups is 2. The van der Waals surface area contributed by atoms with E-state index in [-0.39, 0.29) is 35.8 Å². The third-order valence-electron chi connectivity index (χ3n) is 4.38. The van der Waals surface area contributed by atoms with Gasteiger partial charge in [0.1, 0.15) is 5.60 Å². The summed E-state index contributed by atoms with van der Waals surface area (Å²) in [5.74, 6) is -0.361. The Labute approximate surface area is 185 Å². The van der Waals surface area contributed by atoms with Gasteiger partial charge in [-0.05, 0) is 39.0 Å². The maximum Gasteiger partial charge on any atom is 0.407 e. The number of thioether (sulfide) groups is 1. The van der Waals surface area contributed by atoms with Crippen molar-refractivity contribution in [1.82, 2.24) is 5.32 Å². The summed E-state index contributed by atoms with van der Waals surface area (Å²) in [6.07, 6.45) is -0.598. The summed E-state index contributed by atoms with van der Waals surface area (Å²) in [6, 6.07) is 6.72. The van der Waals surface area contributed by atoms with Gasteiger partial charge in [-0.3, -0.25) is 4.79 Å². The van der Waals surface area contributed by atoms with E-state index < -0.39 is 27.4 Å². The lowest BCUT2D eigenvalue weighted by atomic mass is 10.2. The first-order valence-electron chi connectivity index (χ1n) is 9.44. The number of fused-ring (bicyclic) bond motifs is 1. The molecule has 2 aliphatic rings. The van der Waals surface area contributed by atoms with Crippen LogP contribution in [0.2, 0.25) is 5.02 Å². The number of alkyl carbamates (subject to hydrolysis) is 1. The summed E-state index contributed by atoms with van der Waals surface area (Å²) >= 11 is 7.40. The van der Waals surface area contributed by atoms with Crippen molar-refractivity contribution in [2.45, 2.75) is 44.1 Å². The van der Waals surface area contributed by atoms with Crippen LogP contribution in [0.1, 0.15) is 27.2 Å². The maximum atomic E-state index is 12.4. The first-order chi connectivity index (χ1) is 13.9. The number of amides is 2. The first-order valence-corrected chi connectivity index (χ1v) is 12.5. The Morgan fingerprint density at radius 3 is 2.73 bits per heavy atom. The zero-order chi connectivity index (χ0) is 22.1. The molecule has 3 rings (SSSR count).